The van der Waals surface area contributed by atoms with E-state index in [-0.39, 0.29) is 11.9 Å². The van der Waals surface area contributed by atoms with Crippen LogP contribution in [-0.2, 0) is 14.8 Å². The molecule has 27 heavy (non-hydrogen) atoms. The zero-order chi connectivity index (χ0) is 19.1. The van der Waals surface area contributed by atoms with Gasteiger partial charge in [-0.3, -0.25) is 9.89 Å². The van der Waals surface area contributed by atoms with Crippen molar-refractivity contribution >= 4 is 16.0 Å². The third-order valence-corrected chi connectivity index (χ3v) is 6.84. The summed E-state index contributed by atoms with van der Waals surface area (Å²) < 4.78 is 32.7. The van der Waals surface area contributed by atoms with Gasteiger partial charge in [-0.2, -0.15) is 0 Å². The van der Waals surface area contributed by atoms with Crippen LogP contribution in [0.3, 0.4) is 0 Å². The predicted molar refractivity (Wildman–Crippen MR) is 107 cm³/mol. The fraction of sp³-hybridized carbons (Fsp3) is 0.833. The Morgan fingerprint density at radius 3 is 2.78 bits per heavy atom. The summed E-state index contributed by atoms with van der Waals surface area (Å²) in [5.41, 5.74) is 0. The normalized spacial score (nSPS) is 27.4. The van der Waals surface area contributed by atoms with E-state index in [0.717, 1.165) is 64.4 Å². The average molecular weight is 400 g/mol. The van der Waals surface area contributed by atoms with Crippen molar-refractivity contribution in [1.29, 1.82) is 0 Å². The lowest BCUT2D eigenvalue weighted by atomic mass is 10.1. The van der Waals surface area contributed by atoms with Gasteiger partial charge in [-0.1, -0.05) is 12.2 Å². The molecular weight excluding hydrogens is 366 g/mol. The van der Waals surface area contributed by atoms with Crippen LogP contribution in [0.5, 0.6) is 0 Å². The summed E-state index contributed by atoms with van der Waals surface area (Å²) in [5.74, 6) is 0.821. The molecule has 3 heterocycles. The van der Waals surface area contributed by atoms with Gasteiger partial charge in [-0.25, -0.2) is 13.1 Å². The topological polar surface area (TPSA) is 86.3 Å². The number of hydrogen-bond donors (Lipinski definition) is 2. The molecule has 0 spiro atoms. The highest BCUT2D eigenvalue weighted by Gasteiger charge is 2.29. The highest BCUT2D eigenvalue weighted by molar-refractivity contribution is 7.89. The van der Waals surface area contributed by atoms with E-state index in [4.69, 9.17) is 4.74 Å². The van der Waals surface area contributed by atoms with Crippen LogP contribution in [0, 0.1) is 0 Å². The molecule has 0 aliphatic carbocycles. The lowest BCUT2D eigenvalue weighted by molar-refractivity contribution is 0.0200. The summed E-state index contributed by atoms with van der Waals surface area (Å²) >= 11 is 0. The van der Waals surface area contributed by atoms with E-state index in [1.165, 1.54) is 0 Å². The minimum absolute atomic E-state index is 0.0101. The fourth-order valence-corrected chi connectivity index (χ4v) is 4.87. The first kappa shape index (κ1) is 20.6. The Kier molecular flexibility index (Phi) is 7.51. The number of guanidine groups is 1. The monoisotopic (exact) mass is 399 g/mol. The first-order chi connectivity index (χ1) is 13.1. The van der Waals surface area contributed by atoms with E-state index < -0.39 is 10.0 Å². The summed E-state index contributed by atoms with van der Waals surface area (Å²) in [4.78, 5) is 9.02. The number of nitrogens with one attached hydrogen (secondary N) is 2. The van der Waals surface area contributed by atoms with Crippen LogP contribution in [0.15, 0.2) is 17.1 Å². The van der Waals surface area contributed by atoms with Crippen LogP contribution < -0.4 is 10.0 Å². The Balaban J connectivity index is 1.37. The molecule has 0 radical (unpaired) electrons. The third-order valence-electron chi connectivity index (χ3n) is 5.50. The van der Waals surface area contributed by atoms with Crippen LogP contribution in [0.1, 0.15) is 25.7 Å². The van der Waals surface area contributed by atoms with Gasteiger partial charge in [-0.15, -0.1) is 0 Å². The summed E-state index contributed by atoms with van der Waals surface area (Å²) in [7, 11) is -1.56. The van der Waals surface area contributed by atoms with Gasteiger partial charge in [-0.05, 0) is 25.7 Å². The predicted octanol–water partition coefficient (Wildman–Crippen LogP) is -0.00360. The molecule has 3 aliphatic rings. The van der Waals surface area contributed by atoms with Crippen molar-refractivity contribution < 1.29 is 13.2 Å². The van der Waals surface area contributed by atoms with Crippen LogP contribution in [0.4, 0.5) is 0 Å². The minimum Gasteiger partial charge on any atom is -0.377 e. The van der Waals surface area contributed by atoms with Gasteiger partial charge in [0.25, 0.3) is 0 Å². The Hall–Kier alpha value is -1.16. The SMILES string of the molecule is CN=C(NCCS(=O)(=O)NCC1CCCCO1)N1CCC(N2CC=CC2)C1. The second-order valence-corrected chi connectivity index (χ2v) is 9.37. The third kappa shape index (κ3) is 6.17. The van der Waals surface area contributed by atoms with Gasteiger partial charge >= 0.3 is 0 Å². The molecule has 0 saturated carbocycles. The van der Waals surface area contributed by atoms with Crippen molar-refractivity contribution in [3.63, 3.8) is 0 Å². The first-order valence-corrected chi connectivity index (χ1v) is 11.7. The molecule has 0 aromatic heterocycles. The fourth-order valence-electron chi connectivity index (χ4n) is 3.91. The number of likely N-dealkylation sites (tertiary alicyclic amines) is 1. The molecule has 154 valence electrons. The number of sulfonamides is 1. The summed E-state index contributed by atoms with van der Waals surface area (Å²) in [6, 6.07) is 0.541. The molecule has 9 heteroatoms. The molecule has 0 bridgehead atoms. The summed E-state index contributed by atoms with van der Waals surface area (Å²) in [6.07, 6.45) is 8.65. The van der Waals surface area contributed by atoms with E-state index in [9.17, 15) is 8.42 Å². The maximum absolute atomic E-state index is 12.2. The number of nitrogens with zero attached hydrogens (tertiary/aromatic N) is 3. The molecule has 0 aromatic carbocycles. The number of rotatable bonds is 7. The molecule has 0 aromatic rings. The molecule has 2 atom stereocenters. The van der Waals surface area contributed by atoms with E-state index in [1.54, 1.807) is 7.05 Å². The van der Waals surface area contributed by atoms with Gasteiger partial charge in [0.2, 0.25) is 10.0 Å². The van der Waals surface area contributed by atoms with E-state index in [0.29, 0.717) is 19.1 Å². The molecule has 2 saturated heterocycles. The molecular formula is C18H33N5O3S. The Bertz CT molecular complexity index is 623. The van der Waals surface area contributed by atoms with E-state index >= 15 is 0 Å². The molecule has 2 fully saturated rings. The first-order valence-electron chi connectivity index (χ1n) is 10.0. The smallest absolute Gasteiger partial charge is 0.213 e. The van der Waals surface area contributed by atoms with Gasteiger partial charge in [0.05, 0.1) is 11.9 Å². The molecule has 3 rings (SSSR count). The summed E-state index contributed by atoms with van der Waals surface area (Å²) in [5, 5.41) is 3.21. The maximum atomic E-state index is 12.2. The van der Waals surface area contributed by atoms with Crippen molar-refractivity contribution in [1.82, 2.24) is 19.8 Å². The Morgan fingerprint density at radius 2 is 2.07 bits per heavy atom. The minimum atomic E-state index is -3.31. The number of aliphatic imine (C=N–C) groups is 1. The second-order valence-electron chi connectivity index (χ2n) is 7.44. The van der Waals surface area contributed by atoms with Crippen molar-refractivity contribution in [2.75, 3.05) is 58.7 Å². The van der Waals surface area contributed by atoms with Gasteiger partial charge < -0.3 is 15.0 Å². The highest BCUT2D eigenvalue weighted by Crippen LogP contribution is 2.17. The summed E-state index contributed by atoms with van der Waals surface area (Å²) in [6.45, 7) is 5.39. The van der Waals surface area contributed by atoms with Crippen molar-refractivity contribution in [3.8, 4) is 0 Å². The van der Waals surface area contributed by atoms with Crippen LogP contribution >= 0.6 is 0 Å². The Morgan fingerprint density at radius 1 is 1.26 bits per heavy atom. The maximum Gasteiger partial charge on any atom is 0.213 e. The second kappa shape index (κ2) is 9.86. The number of ether oxygens (including phenoxy) is 1. The average Bonchev–Trinajstić information content (AvgIpc) is 3.36. The van der Waals surface area contributed by atoms with Crippen molar-refractivity contribution in [2.45, 2.75) is 37.8 Å². The zero-order valence-electron chi connectivity index (χ0n) is 16.3. The lowest BCUT2D eigenvalue weighted by Crippen LogP contribution is -2.45. The van der Waals surface area contributed by atoms with Crippen LogP contribution in [-0.4, -0.2) is 95.0 Å². The molecule has 2 unspecified atom stereocenters. The van der Waals surface area contributed by atoms with E-state index in [1.807, 2.05) is 0 Å². The number of hydrogen-bond acceptors (Lipinski definition) is 5. The molecule has 8 nitrogen and oxygen atoms in total. The molecule has 2 N–H and O–H groups in total. The quantitative estimate of drug-likeness (QED) is 0.356. The van der Waals surface area contributed by atoms with Crippen LogP contribution in [0.2, 0.25) is 0 Å². The van der Waals surface area contributed by atoms with Crippen molar-refractivity contribution in [2.24, 2.45) is 4.99 Å². The molecule has 3 aliphatic heterocycles. The van der Waals surface area contributed by atoms with Crippen molar-refractivity contribution in [3.05, 3.63) is 12.2 Å². The lowest BCUT2D eigenvalue weighted by Gasteiger charge is -2.25. The highest BCUT2D eigenvalue weighted by atomic mass is 32.2. The zero-order valence-corrected chi connectivity index (χ0v) is 17.1. The molecule has 0 amide bonds. The Labute approximate surface area is 163 Å². The van der Waals surface area contributed by atoms with Gasteiger partial charge in [0, 0.05) is 59.0 Å². The van der Waals surface area contributed by atoms with Gasteiger partial charge in [0.1, 0.15) is 0 Å². The van der Waals surface area contributed by atoms with Gasteiger partial charge in [0.15, 0.2) is 5.96 Å². The largest absolute Gasteiger partial charge is 0.377 e. The standard InChI is InChI=1S/C18H33N5O3S/c1-19-18(23-11-7-16(15-23)22-9-3-4-10-22)20-8-13-27(24,25)21-14-17-6-2-5-12-26-17/h3-4,16-17,21H,2,5-15H2,1H3,(H,19,20). The van der Waals surface area contributed by atoms with Crippen LogP contribution in [0.25, 0.3) is 0 Å². The van der Waals surface area contributed by atoms with E-state index in [2.05, 4.69) is 37.0 Å².